The SMILES string of the molecule is C[C@H](n1nc(-c2cc(OC(F)F)ccc2F)c2ncc(C(=O)NC3(C)CS(=O)(=O)C3)cc21)C(C)(C)O. The minimum Gasteiger partial charge on any atom is -0.435 e. The van der Waals surface area contributed by atoms with Gasteiger partial charge in [-0.15, -0.1) is 0 Å². The van der Waals surface area contributed by atoms with Crippen LogP contribution in [0.3, 0.4) is 0 Å². The van der Waals surface area contributed by atoms with Gasteiger partial charge in [-0.05, 0) is 52.0 Å². The number of benzene rings is 1. The number of sulfone groups is 1. The van der Waals surface area contributed by atoms with Gasteiger partial charge in [0.25, 0.3) is 5.91 Å². The number of nitrogens with zero attached hydrogens (tertiary/aromatic N) is 3. The number of halogens is 3. The van der Waals surface area contributed by atoms with Crippen LogP contribution in [0.15, 0.2) is 30.5 Å². The number of pyridine rings is 1. The Bertz CT molecular complexity index is 1440. The lowest BCUT2D eigenvalue weighted by molar-refractivity contribution is -0.0498. The van der Waals surface area contributed by atoms with Crippen LogP contribution in [-0.2, 0) is 9.84 Å². The number of rotatable bonds is 7. The fourth-order valence-electron chi connectivity index (χ4n) is 4.13. The first-order valence-corrected chi connectivity index (χ1v) is 12.8. The van der Waals surface area contributed by atoms with Crippen LogP contribution in [0.1, 0.15) is 44.1 Å². The van der Waals surface area contributed by atoms with Gasteiger partial charge in [-0.25, -0.2) is 12.8 Å². The van der Waals surface area contributed by atoms with Crippen LogP contribution in [0.25, 0.3) is 22.3 Å². The van der Waals surface area contributed by atoms with E-state index in [0.717, 1.165) is 18.2 Å². The molecule has 36 heavy (non-hydrogen) atoms. The molecule has 0 bridgehead atoms. The number of aliphatic hydroxyl groups is 1. The standard InChI is InChI=1S/C23H25F3N4O5S/c1-12(22(2,3)32)30-17-7-13(20(31)28-23(4)10-36(33,34)11-23)9-27-19(17)18(29-30)15-8-14(35-21(25)26)5-6-16(15)24/h5-9,12,21,32H,10-11H2,1-4H3,(H,28,31)/t12-/m0/s1. The molecule has 13 heteroatoms. The first-order valence-electron chi connectivity index (χ1n) is 11.0. The average molecular weight is 527 g/mol. The summed E-state index contributed by atoms with van der Waals surface area (Å²) in [4.78, 5) is 17.2. The number of carbonyl (C=O) groups is 1. The minimum atomic E-state index is -3.19. The average Bonchev–Trinajstić information content (AvgIpc) is 3.10. The largest absolute Gasteiger partial charge is 0.435 e. The van der Waals surface area contributed by atoms with E-state index < -0.39 is 45.4 Å². The first kappa shape index (κ1) is 25.9. The molecular weight excluding hydrogens is 501 g/mol. The summed E-state index contributed by atoms with van der Waals surface area (Å²) in [6.45, 7) is 3.26. The van der Waals surface area contributed by atoms with Crippen molar-refractivity contribution in [2.45, 2.75) is 51.5 Å². The van der Waals surface area contributed by atoms with Gasteiger partial charge >= 0.3 is 6.61 Å². The zero-order valence-corrected chi connectivity index (χ0v) is 20.7. The highest BCUT2D eigenvalue weighted by atomic mass is 32.2. The molecule has 0 radical (unpaired) electrons. The molecule has 1 aliphatic rings. The number of nitrogens with one attached hydrogen (secondary N) is 1. The predicted molar refractivity (Wildman–Crippen MR) is 125 cm³/mol. The molecule has 1 atom stereocenters. The number of carbonyl (C=O) groups excluding carboxylic acids is 1. The monoisotopic (exact) mass is 526 g/mol. The zero-order chi connectivity index (χ0) is 26.6. The number of alkyl halides is 2. The topological polar surface area (TPSA) is 123 Å². The Morgan fingerprint density at radius 3 is 2.53 bits per heavy atom. The van der Waals surface area contributed by atoms with E-state index in [9.17, 15) is 31.5 Å². The second kappa shape index (κ2) is 8.73. The molecule has 3 aromatic rings. The van der Waals surface area contributed by atoms with Crippen molar-refractivity contribution in [1.29, 1.82) is 0 Å². The number of ether oxygens (including phenoxy) is 1. The Morgan fingerprint density at radius 2 is 1.94 bits per heavy atom. The fraction of sp³-hybridized carbons (Fsp3) is 0.435. The van der Waals surface area contributed by atoms with Gasteiger partial charge in [-0.3, -0.25) is 14.5 Å². The van der Waals surface area contributed by atoms with Crippen LogP contribution in [0.5, 0.6) is 5.75 Å². The third-order valence-electron chi connectivity index (χ3n) is 6.11. The van der Waals surface area contributed by atoms with Crippen LogP contribution in [0.4, 0.5) is 13.2 Å². The number of fused-ring (bicyclic) bond motifs is 1. The number of amides is 1. The van der Waals surface area contributed by atoms with Gasteiger partial charge in [-0.2, -0.15) is 13.9 Å². The van der Waals surface area contributed by atoms with E-state index >= 15 is 0 Å². The molecule has 0 aliphatic carbocycles. The van der Waals surface area contributed by atoms with Crippen LogP contribution in [0, 0.1) is 5.82 Å². The lowest BCUT2D eigenvalue weighted by Gasteiger charge is -2.38. The summed E-state index contributed by atoms with van der Waals surface area (Å²) in [5.41, 5.74) is -1.82. The van der Waals surface area contributed by atoms with Crippen LogP contribution in [-0.4, -0.2) is 63.5 Å². The first-order chi connectivity index (χ1) is 16.6. The third kappa shape index (κ3) is 5.03. The summed E-state index contributed by atoms with van der Waals surface area (Å²) in [6.07, 6.45) is 1.23. The molecule has 1 amide bonds. The van der Waals surface area contributed by atoms with E-state index in [1.165, 1.54) is 16.9 Å². The maximum atomic E-state index is 14.8. The second-order valence-electron chi connectivity index (χ2n) is 9.78. The fourth-order valence-corrected chi connectivity index (χ4v) is 6.13. The molecule has 0 spiro atoms. The molecule has 4 rings (SSSR count). The smallest absolute Gasteiger partial charge is 0.387 e. The zero-order valence-electron chi connectivity index (χ0n) is 19.9. The Labute approximate surface area is 205 Å². The molecule has 2 aromatic heterocycles. The summed E-state index contributed by atoms with van der Waals surface area (Å²) in [6, 6.07) is 3.87. The van der Waals surface area contributed by atoms with Crippen LogP contribution in [0.2, 0.25) is 0 Å². The molecule has 0 saturated carbocycles. The summed E-state index contributed by atoms with van der Waals surface area (Å²) in [5.74, 6) is -1.97. The van der Waals surface area contributed by atoms with Gasteiger partial charge in [0.1, 0.15) is 22.8 Å². The quantitative estimate of drug-likeness (QED) is 0.485. The van der Waals surface area contributed by atoms with Crippen molar-refractivity contribution < 1.29 is 36.2 Å². The van der Waals surface area contributed by atoms with E-state index in [4.69, 9.17) is 0 Å². The lowest BCUT2D eigenvalue weighted by atomic mass is 10.0. The summed E-state index contributed by atoms with van der Waals surface area (Å²) < 4.78 is 69.1. The Balaban J connectivity index is 1.82. The van der Waals surface area contributed by atoms with Gasteiger partial charge in [-0.1, -0.05) is 0 Å². The molecule has 1 aromatic carbocycles. The van der Waals surface area contributed by atoms with Crippen molar-refractivity contribution in [2.75, 3.05) is 11.5 Å². The Kier molecular flexibility index (Phi) is 6.28. The lowest BCUT2D eigenvalue weighted by Crippen LogP contribution is -2.63. The van der Waals surface area contributed by atoms with E-state index in [2.05, 4.69) is 20.1 Å². The molecule has 2 N–H and O–H groups in total. The Hall–Kier alpha value is -3.19. The number of hydrogen-bond donors (Lipinski definition) is 2. The third-order valence-corrected chi connectivity index (χ3v) is 8.26. The van der Waals surface area contributed by atoms with Gasteiger partial charge < -0.3 is 15.2 Å². The van der Waals surface area contributed by atoms with Crippen LogP contribution < -0.4 is 10.1 Å². The highest BCUT2D eigenvalue weighted by Crippen LogP contribution is 2.35. The summed E-state index contributed by atoms with van der Waals surface area (Å²) in [7, 11) is -3.19. The molecule has 1 fully saturated rings. The summed E-state index contributed by atoms with van der Waals surface area (Å²) in [5, 5.41) is 17.7. The van der Waals surface area contributed by atoms with E-state index in [-0.39, 0.29) is 45.1 Å². The maximum absolute atomic E-state index is 14.8. The van der Waals surface area contributed by atoms with Crippen molar-refractivity contribution >= 4 is 26.8 Å². The highest BCUT2D eigenvalue weighted by molar-refractivity contribution is 7.93. The molecule has 3 heterocycles. The second-order valence-corrected chi connectivity index (χ2v) is 11.8. The minimum absolute atomic E-state index is 0.00215. The molecule has 0 unspecified atom stereocenters. The van der Waals surface area contributed by atoms with Crippen molar-refractivity contribution in [2.24, 2.45) is 0 Å². The van der Waals surface area contributed by atoms with Gasteiger partial charge in [0.2, 0.25) is 0 Å². The normalized spacial score (nSPS) is 17.6. The van der Waals surface area contributed by atoms with Crippen molar-refractivity contribution in [3.8, 4) is 17.0 Å². The van der Waals surface area contributed by atoms with Crippen molar-refractivity contribution in [3.05, 3.63) is 41.8 Å². The molecular formula is C23H25F3N4O5S. The highest BCUT2D eigenvalue weighted by Gasteiger charge is 2.45. The number of hydrogen-bond acceptors (Lipinski definition) is 7. The van der Waals surface area contributed by atoms with E-state index in [1.54, 1.807) is 27.7 Å². The van der Waals surface area contributed by atoms with Gasteiger partial charge in [0.15, 0.2) is 9.84 Å². The molecule has 1 aliphatic heterocycles. The molecule has 194 valence electrons. The Morgan fingerprint density at radius 1 is 1.28 bits per heavy atom. The van der Waals surface area contributed by atoms with E-state index in [0.29, 0.717) is 0 Å². The number of aromatic nitrogens is 3. The summed E-state index contributed by atoms with van der Waals surface area (Å²) >= 11 is 0. The van der Waals surface area contributed by atoms with Crippen LogP contribution >= 0.6 is 0 Å². The maximum Gasteiger partial charge on any atom is 0.387 e. The van der Waals surface area contributed by atoms with Gasteiger partial charge in [0, 0.05) is 11.8 Å². The molecule has 9 nitrogen and oxygen atoms in total. The van der Waals surface area contributed by atoms with Crippen molar-refractivity contribution in [3.63, 3.8) is 0 Å². The molecule has 1 saturated heterocycles. The van der Waals surface area contributed by atoms with Gasteiger partial charge in [0.05, 0.1) is 39.8 Å². The predicted octanol–water partition coefficient (Wildman–Crippen LogP) is 3.09. The van der Waals surface area contributed by atoms with E-state index in [1.807, 2.05) is 0 Å². The van der Waals surface area contributed by atoms with Crippen molar-refractivity contribution in [1.82, 2.24) is 20.1 Å².